The molecular weight excluding hydrogens is 384 g/mol. The van der Waals surface area contributed by atoms with E-state index in [1.807, 2.05) is 6.08 Å². The number of esters is 2. The van der Waals surface area contributed by atoms with Crippen LogP contribution in [-0.4, -0.2) is 49.1 Å². The molecule has 1 saturated heterocycles. The number of ether oxygens (including phenoxy) is 3. The first-order valence-corrected chi connectivity index (χ1v) is 11.4. The van der Waals surface area contributed by atoms with Crippen molar-refractivity contribution in [3.05, 3.63) is 11.6 Å². The Balaban J connectivity index is 2.25. The number of aliphatic hydroxyl groups is 1. The van der Waals surface area contributed by atoms with E-state index in [9.17, 15) is 14.7 Å². The molecule has 1 heterocycles. The van der Waals surface area contributed by atoms with Gasteiger partial charge in [-0.15, -0.1) is 0 Å². The molecule has 1 unspecified atom stereocenters. The molecule has 30 heavy (non-hydrogen) atoms. The smallest absolute Gasteiger partial charge is 0.334 e. The molecule has 0 radical (unpaired) electrons. The Kier molecular flexibility index (Phi) is 11.6. The van der Waals surface area contributed by atoms with E-state index < -0.39 is 17.0 Å². The summed E-state index contributed by atoms with van der Waals surface area (Å²) in [5.74, 6) is -0.110. The summed E-state index contributed by atoms with van der Waals surface area (Å²) in [6.45, 7) is 10.9. The summed E-state index contributed by atoms with van der Waals surface area (Å²) < 4.78 is 16.3. The summed E-state index contributed by atoms with van der Waals surface area (Å²) in [5, 5.41) is 9.73. The van der Waals surface area contributed by atoms with Gasteiger partial charge in [0.15, 0.2) is 5.60 Å². The van der Waals surface area contributed by atoms with Crippen LogP contribution in [0.3, 0.4) is 0 Å². The Bertz CT molecular complexity index is 561. The lowest BCUT2D eigenvalue weighted by Crippen LogP contribution is -2.40. The minimum Gasteiger partial charge on any atom is -0.461 e. The fourth-order valence-electron chi connectivity index (χ4n) is 3.08. The second-order valence-corrected chi connectivity index (χ2v) is 9.81. The maximum atomic E-state index is 12.2. The monoisotopic (exact) mass is 426 g/mol. The third-order valence-electron chi connectivity index (χ3n) is 5.17. The molecule has 1 aliphatic heterocycles. The Hall–Kier alpha value is -1.40. The van der Waals surface area contributed by atoms with Gasteiger partial charge in [-0.05, 0) is 52.4 Å². The molecule has 0 aromatic heterocycles. The molecule has 0 spiro atoms. The first kappa shape index (κ1) is 26.6. The van der Waals surface area contributed by atoms with Gasteiger partial charge in [0.05, 0.1) is 12.0 Å². The van der Waals surface area contributed by atoms with E-state index in [4.69, 9.17) is 14.2 Å². The predicted octanol–water partition coefficient (Wildman–Crippen LogP) is 4.58. The van der Waals surface area contributed by atoms with Crippen molar-refractivity contribution in [1.82, 2.24) is 0 Å². The molecule has 6 nitrogen and oxygen atoms in total. The zero-order valence-electron chi connectivity index (χ0n) is 19.6. The van der Waals surface area contributed by atoms with Gasteiger partial charge in [0.25, 0.3) is 0 Å². The zero-order chi connectivity index (χ0) is 22.6. The Morgan fingerprint density at radius 1 is 1.17 bits per heavy atom. The number of hydrogen-bond donors (Lipinski definition) is 1. The van der Waals surface area contributed by atoms with Crippen LogP contribution >= 0.6 is 0 Å². The van der Waals surface area contributed by atoms with Gasteiger partial charge in [-0.2, -0.15) is 0 Å². The Labute approximate surface area is 182 Å². The van der Waals surface area contributed by atoms with Crippen molar-refractivity contribution in [2.24, 2.45) is 11.3 Å². The minimum absolute atomic E-state index is 0.123. The van der Waals surface area contributed by atoms with Gasteiger partial charge >= 0.3 is 11.9 Å². The fourth-order valence-corrected chi connectivity index (χ4v) is 3.08. The average molecular weight is 427 g/mol. The highest BCUT2D eigenvalue weighted by Crippen LogP contribution is 2.32. The number of rotatable bonds is 14. The molecule has 1 aliphatic rings. The highest BCUT2D eigenvalue weighted by atomic mass is 16.6. The summed E-state index contributed by atoms with van der Waals surface area (Å²) in [7, 11) is 0. The van der Waals surface area contributed by atoms with Crippen LogP contribution < -0.4 is 0 Å². The number of carbonyl (C=O) groups excluding carboxylic acids is 2. The summed E-state index contributed by atoms with van der Waals surface area (Å²) in [6, 6.07) is 0. The van der Waals surface area contributed by atoms with Crippen LogP contribution in [0.4, 0.5) is 0 Å². The maximum Gasteiger partial charge on any atom is 0.334 e. The molecule has 1 fully saturated rings. The van der Waals surface area contributed by atoms with Crippen molar-refractivity contribution in [2.75, 3.05) is 26.4 Å². The summed E-state index contributed by atoms with van der Waals surface area (Å²) in [5.41, 5.74) is -1.23. The van der Waals surface area contributed by atoms with Crippen molar-refractivity contribution >= 4 is 11.9 Å². The predicted molar refractivity (Wildman–Crippen MR) is 117 cm³/mol. The summed E-state index contributed by atoms with van der Waals surface area (Å²) in [6.07, 6.45) is 9.63. The Morgan fingerprint density at radius 2 is 1.83 bits per heavy atom. The van der Waals surface area contributed by atoms with Crippen LogP contribution in [0.2, 0.25) is 0 Å². The van der Waals surface area contributed by atoms with Crippen LogP contribution in [0.25, 0.3) is 0 Å². The minimum atomic E-state index is -1.15. The zero-order valence-corrected chi connectivity index (χ0v) is 19.6. The van der Waals surface area contributed by atoms with Gasteiger partial charge in [0.2, 0.25) is 0 Å². The molecule has 1 rings (SSSR count). The van der Waals surface area contributed by atoms with Gasteiger partial charge < -0.3 is 19.3 Å². The van der Waals surface area contributed by atoms with E-state index in [-0.39, 0.29) is 25.6 Å². The van der Waals surface area contributed by atoms with Gasteiger partial charge in [-0.25, -0.2) is 4.79 Å². The lowest BCUT2D eigenvalue weighted by atomic mass is 9.96. The SMILES string of the molecule is CC(C)CCOCCCCCCC/C=C1\CC(CO)(COC(=O)C(C)(C)C)OC1=O. The first-order chi connectivity index (χ1) is 14.1. The average Bonchev–Trinajstić information content (AvgIpc) is 2.99. The van der Waals surface area contributed by atoms with Crippen LogP contribution in [-0.2, 0) is 23.8 Å². The van der Waals surface area contributed by atoms with E-state index in [0.29, 0.717) is 11.5 Å². The Morgan fingerprint density at radius 3 is 2.47 bits per heavy atom. The van der Waals surface area contributed by atoms with Crippen LogP contribution in [0.1, 0.15) is 86.0 Å². The van der Waals surface area contributed by atoms with Gasteiger partial charge in [0.1, 0.15) is 6.61 Å². The maximum absolute atomic E-state index is 12.2. The molecule has 0 aromatic rings. The number of aliphatic hydroxyl groups excluding tert-OH is 1. The lowest BCUT2D eigenvalue weighted by Gasteiger charge is -2.26. The first-order valence-electron chi connectivity index (χ1n) is 11.4. The third-order valence-corrected chi connectivity index (χ3v) is 5.17. The molecular formula is C24H42O6. The summed E-state index contributed by atoms with van der Waals surface area (Å²) >= 11 is 0. The molecule has 1 N–H and O–H groups in total. The van der Waals surface area contributed by atoms with Crippen molar-refractivity contribution in [3.8, 4) is 0 Å². The molecule has 0 aliphatic carbocycles. The van der Waals surface area contributed by atoms with Crippen molar-refractivity contribution < 1.29 is 28.9 Å². The normalized spacial score (nSPS) is 20.8. The third kappa shape index (κ3) is 10.1. The topological polar surface area (TPSA) is 82.1 Å². The molecule has 6 heteroatoms. The van der Waals surface area contributed by atoms with Crippen molar-refractivity contribution in [3.63, 3.8) is 0 Å². The lowest BCUT2D eigenvalue weighted by molar-refractivity contribution is -0.171. The van der Waals surface area contributed by atoms with E-state index >= 15 is 0 Å². The van der Waals surface area contributed by atoms with Crippen molar-refractivity contribution in [1.29, 1.82) is 0 Å². The van der Waals surface area contributed by atoms with E-state index in [1.165, 1.54) is 0 Å². The standard InChI is InChI=1S/C24H42O6/c1-19(2)13-15-28-14-11-9-7-6-8-10-12-20-16-24(17-25,30-21(20)26)18-29-22(27)23(3,4)5/h12,19,25H,6-11,13-18H2,1-5H3/b20-12+. The highest BCUT2D eigenvalue weighted by Gasteiger charge is 2.45. The van der Waals surface area contributed by atoms with Crippen LogP contribution in [0.15, 0.2) is 11.6 Å². The van der Waals surface area contributed by atoms with Crippen LogP contribution in [0.5, 0.6) is 0 Å². The molecule has 0 amide bonds. The quantitative estimate of drug-likeness (QED) is 0.249. The number of hydrogen-bond acceptors (Lipinski definition) is 6. The van der Waals surface area contributed by atoms with Crippen LogP contribution in [0, 0.1) is 11.3 Å². The molecule has 0 bridgehead atoms. The number of cyclic esters (lactones) is 1. The van der Waals surface area contributed by atoms with Crippen molar-refractivity contribution in [2.45, 2.75) is 91.6 Å². The van der Waals surface area contributed by atoms with Gasteiger partial charge in [-0.3, -0.25) is 4.79 Å². The summed E-state index contributed by atoms with van der Waals surface area (Å²) in [4.78, 5) is 24.1. The molecule has 0 aromatic carbocycles. The molecule has 1 atom stereocenters. The second-order valence-electron chi connectivity index (χ2n) is 9.81. The van der Waals surface area contributed by atoms with E-state index in [0.717, 1.165) is 58.2 Å². The second kappa shape index (κ2) is 13.1. The fraction of sp³-hybridized carbons (Fsp3) is 0.833. The largest absolute Gasteiger partial charge is 0.461 e. The number of allylic oxidation sites excluding steroid dienone is 1. The van der Waals surface area contributed by atoms with E-state index in [1.54, 1.807) is 20.8 Å². The molecule has 174 valence electrons. The van der Waals surface area contributed by atoms with Gasteiger partial charge in [-0.1, -0.05) is 39.2 Å². The highest BCUT2D eigenvalue weighted by molar-refractivity contribution is 5.91. The van der Waals surface area contributed by atoms with E-state index in [2.05, 4.69) is 13.8 Å². The molecule has 0 saturated carbocycles. The van der Waals surface area contributed by atoms with Gasteiger partial charge in [0, 0.05) is 25.2 Å². The number of unbranched alkanes of at least 4 members (excludes halogenated alkanes) is 5. The number of carbonyl (C=O) groups is 2.